The Morgan fingerprint density at radius 2 is 1.83 bits per heavy atom. The van der Waals surface area contributed by atoms with Crippen molar-refractivity contribution < 1.29 is 5.11 Å². The van der Waals surface area contributed by atoms with Gasteiger partial charge in [-0.3, -0.25) is 0 Å². The van der Waals surface area contributed by atoms with Crippen LogP contribution in [0.15, 0.2) is 0 Å². The van der Waals surface area contributed by atoms with Crippen LogP contribution >= 0.6 is 0 Å². The number of aliphatic hydroxyl groups excluding tert-OH is 1. The highest BCUT2D eigenvalue weighted by Gasteiger charge is 2.57. The summed E-state index contributed by atoms with van der Waals surface area (Å²) in [5.74, 6) is 1.98. The molecule has 0 aliphatic heterocycles. The summed E-state index contributed by atoms with van der Waals surface area (Å²) in [6, 6.07) is 0. The maximum atomic E-state index is 10.0. The predicted octanol–water partition coefficient (Wildman–Crippen LogP) is 2.44. The summed E-state index contributed by atoms with van der Waals surface area (Å²) in [5, 5.41) is 10.0. The third-order valence-corrected chi connectivity index (χ3v) is 4.54. The molecule has 0 aromatic carbocycles. The lowest BCUT2D eigenvalue weighted by Crippen LogP contribution is -2.26. The highest BCUT2D eigenvalue weighted by Crippen LogP contribution is 2.60. The standard InChI is InChI=1S/C11H20O/c1-4-7-8-5-6-9(10(7)12)11(8,2)3/h7-10,12H,4-6H2,1-3H3. The van der Waals surface area contributed by atoms with Crippen LogP contribution in [0.25, 0.3) is 0 Å². The maximum absolute atomic E-state index is 10.0. The molecule has 0 spiro atoms. The first kappa shape index (κ1) is 8.55. The van der Waals surface area contributed by atoms with Crippen LogP contribution in [-0.4, -0.2) is 11.2 Å². The van der Waals surface area contributed by atoms with E-state index in [1.54, 1.807) is 0 Å². The zero-order chi connectivity index (χ0) is 8.93. The molecule has 1 N–H and O–H groups in total. The van der Waals surface area contributed by atoms with E-state index in [0.29, 0.717) is 17.3 Å². The average molecular weight is 168 g/mol. The van der Waals surface area contributed by atoms with Crippen molar-refractivity contribution in [2.45, 2.75) is 46.1 Å². The largest absolute Gasteiger partial charge is 0.393 e. The molecule has 0 saturated heterocycles. The fourth-order valence-corrected chi connectivity index (χ4v) is 3.82. The zero-order valence-corrected chi connectivity index (χ0v) is 8.38. The molecule has 2 aliphatic rings. The van der Waals surface area contributed by atoms with E-state index >= 15 is 0 Å². The number of rotatable bonds is 1. The lowest BCUT2D eigenvalue weighted by Gasteiger charge is -2.26. The van der Waals surface area contributed by atoms with Gasteiger partial charge in [-0.25, -0.2) is 0 Å². The van der Waals surface area contributed by atoms with Crippen molar-refractivity contribution in [1.29, 1.82) is 0 Å². The van der Waals surface area contributed by atoms with E-state index in [1.807, 2.05) is 0 Å². The van der Waals surface area contributed by atoms with E-state index in [-0.39, 0.29) is 6.10 Å². The van der Waals surface area contributed by atoms with Gasteiger partial charge in [-0.15, -0.1) is 0 Å². The summed E-state index contributed by atoms with van der Waals surface area (Å²) < 4.78 is 0. The Labute approximate surface area is 75.2 Å². The van der Waals surface area contributed by atoms with Crippen molar-refractivity contribution in [3.63, 3.8) is 0 Å². The van der Waals surface area contributed by atoms with Crippen molar-refractivity contribution in [3.05, 3.63) is 0 Å². The Bertz CT molecular complexity index is 185. The number of fused-ring (bicyclic) bond motifs is 2. The highest BCUT2D eigenvalue weighted by molar-refractivity contribution is 5.06. The number of hydrogen-bond acceptors (Lipinski definition) is 1. The fourth-order valence-electron chi connectivity index (χ4n) is 3.82. The number of aliphatic hydroxyl groups is 1. The van der Waals surface area contributed by atoms with Crippen LogP contribution in [0.5, 0.6) is 0 Å². The lowest BCUT2D eigenvalue weighted by molar-refractivity contribution is 0.0532. The summed E-state index contributed by atoms with van der Waals surface area (Å²) in [7, 11) is 0. The normalized spacial score (nSPS) is 50.0. The van der Waals surface area contributed by atoms with Crippen LogP contribution in [0.2, 0.25) is 0 Å². The van der Waals surface area contributed by atoms with Gasteiger partial charge < -0.3 is 5.11 Å². The van der Waals surface area contributed by atoms with Crippen molar-refractivity contribution >= 4 is 0 Å². The second-order valence-corrected chi connectivity index (χ2v) is 5.17. The molecule has 2 saturated carbocycles. The van der Waals surface area contributed by atoms with E-state index in [4.69, 9.17) is 0 Å². The Kier molecular flexibility index (Phi) is 1.76. The van der Waals surface area contributed by atoms with Gasteiger partial charge in [0, 0.05) is 0 Å². The molecule has 70 valence electrons. The third-order valence-electron chi connectivity index (χ3n) is 4.54. The molecule has 0 aromatic rings. The molecule has 2 bridgehead atoms. The average Bonchev–Trinajstić information content (AvgIpc) is 2.38. The van der Waals surface area contributed by atoms with Crippen LogP contribution in [-0.2, 0) is 0 Å². The highest BCUT2D eigenvalue weighted by atomic mass is 16.3. The minimum atomic E-state index is 0.00347. The Balaban J connectivity index is 2.27. The van der Waals surface area contributed by atoms with Crippen LogP contribution in [0.4, 0.5) is 0 Å². The smallest absolute Gasteiger partial charge is 0.0604 e. The van der Waals surface area contributed by atoms with Crippen LogP contribution in [0.3, 0.4) is 0 Å². The third kappa shape index (κ3) is 0.834. The fraction of sp³-hybridized carbons (Fsp3) is 1.00. The summed E-state index contributed by atoms with van der Waals surface area (Å²) >= 11 is 0. The van der Waals surface area contributed by atoms with E-state index in [0.717, 1.165) is 12.3 Å². The Morgan fingerprint density at radius 1 is 1.25 bits per heavy atom. The van der Waals surface area contributed by atoms with Gasteiger partial charge in [0.1, 0.15) is 0 Å². The Hall–Kier alpha value is -0.0400. The molecule has 2 fully saturated rings. The molecule has 0 heterocycles. The van der Waals surface area contributed by atoms with Gasteiger partial charge >= 0.3 is 0 Å². The summed E-state index contributed by atoms with van der Waals surface area (Å²) in [4.78, 5) is 0. The van der Waals surface area contributed by atoms with Crippen molar-refractivity contribution in [2.75, 3.05) is 0 Å². The molecule has 1 heteroatoms. The molecular formula is C11H20O. The molecule has 0 aromatic heterocycles. The number of hydrogen-bond donors (Lipinski definition) is 1. The topological polar surface area (TPSA) is 20.2 Å². The second-order valence-electron chi connectivity index (χ2n) is 5.17. The second kappa shape index (κ2) is 2.47. The molecule has 12 heavy (non-hydrogen) atoms. The van der Waals surface area contributed by atoms with Crippen LogP contribution in [0, 0.1) is 23.2 Å². The monoisotopic (exact) mass is 168 g/mol. The summed E-state index contributed by atoms with van der Waals surface area (Å²) in [6.07, 6.45) is 3.78. The molecule has 0 amide bonds. The van der Waals surface area contributed by atoms with Gasteiger partial charge in [-0.05, 0) is 36.0 Å². The summed E-state index contributed by atoms with van der Waals surface area (Å²) in [5.41, 5.74) is 0.417. The van der Waals surface area contributed by atoms with Gasteiger partial charge in [0.25, 0.3) is 0 Å². The van der Waals surface area contributed by atoms with Gasteiger partial charge in [0.15, 0.2) is 0 Å². The van der Waals surface area contributed by atoms with E-state index < -0.39 is 0 Å². The SMILES string of the molecule is CCC1C(O)C2CCC1C2(C)C. The first-order chi connectivity index (χ1) is 5.59. The van der Waals surface area contributed by atoms with E-state index in [9.17, 15) is 5.11 Å². The zero-order valence-electron chi connectivity index (χ0n) is 8.38. The molecular weight excluding hydrogens is 148 g/mol. The lowest BCUT2D eigenvalue weighted by atomic mass is 9.79. The quantitative estimate of drug-likeness (QED) is 0.637. The molecule has 2 rings (SSSR count). The van der Waals surface area contributed by atoms with Gasteiger partial charge in [0.05, 0.1) is 6.10 Å². The van der Waals surface area contributed by atoms with Gasteiger partial charge in [0.2, 0.25) is 0 Å². The van der Waals surface area contributed by atoms with Crippen molar-refractivity contribution in [2.24, 2.45) is 23.2 Å². The molecule has 1 nitrogen and oxygen atoms in total. The minimum absolute atomic E-state index is 0.00347. The first-order valence-electron chi connectivity index (χ1n) is 5.27. The van der Waals surface area contributed by atoms with Gasteiger partial charge in [-0.2, -0.15) is 0 Å². The van der Waals surface area contributed by atoms with Crippen LogP contribution < -0.4 is 0 Å². The van der Waals surface area contributed by atoms with Crippen molar-refractivity contribution in [3.8, 4) is 0 Å². The molecule has 0 radical (unpaired) electrons. The minimum Gasteiger partial charge on any atom is -0.393 e. The Morgan fingerprint density at radius 3 is 2.17 bits per heavy atom. The predicted molar refractivity (Wildman–Crippen MR) is 49.8 cm³/mol. The maximum Gasteiger partial charge on any atom is 0.0604 e. The molecule has 4 atom stereocenters. The van der Waals surface area contributed by atoms with Gasteiger partial charge in [-0.1, -0.05) is 27.2 Å². The van der Waals surface area contributed by atoms with Crippen molar-refractivity contribution in [1.82, 2.24) is 0 Å². The summed E-state index contributed by atoms with van der Waals surface area (Å²) in [6.45, 7) is 6.90. The molecule has 4 unspecified atom stereocenters. The van der Waals surface area contributed by atoms with E-state index in [1.165, 1.54) is 12.8 Å². The first-order valence-corrected chi connectivity index (χ1v) is 5.27. The molecule has 2 aliphatic carbocycles. The van der Waals surface area contributed by atoms with Crippen LogP contribution in [0.1, 0.15) is 40.0 Å². The van der Waals surface area contributed by atoms with E-state index in [2.05, 4.69) is 20.8 Å².